The molecule has 0 aliphatic heterocycles. The Bertz CT molecular complexity index is 927. The van der Waals surface area contributed by atoms with Gasteiger partial charge in [0.1, 0.15) is 17.2 Å². The van der Waals surface area contributed by atoms with Crippen molar-refractivity contribution in [2.75, 3.05) is 14.2 Å². The van der Waals surface area contributed by atoms with Crippen molar-refractivity contribution in [1.29, 1.82) is 0 Å². The molecule has 5 nitrogen and oxygen atoms in total. The molecule has 0 spiro atoms. The molecule has 3 rings (SSSR count). The Morgan fingerprint density at radius 2 is 1.61 bits per heavy atom. The standard InChI is InChI=1S/C22H21ClN2O3/c1-27-18-7-3-15(4-8-18)13-20(16-5-9-19(28-2)10-6-16)25-22(26)21-14-17(23)11-12-24-21/h3-12,14,20H,13H2,1-2H3,(H,25,26). The molecule has 2 aromatic carbocycles. The molecule has 1 amide bonds. The van der Waals surface area contributed by atoms with Crippen molar-refractivity contribution in [2.45, 2.75) is 12.5 Å². The number of hydrogen-bond acceptors (Lipinski definition) is 4. The molecule has 0 saturated carbocycles. The molecule has 1 aromatic heterocycles. The molecule has 0 saturated heterocycles. The largest absolute Gasteiger partial charge is 0.497 e. The van der Waals surface area contributed by atoms with Gasteiger partial charge < -0.3 is 14.8 Å². The first-order valence-corrected chi connectivity index (χ1v) is 9.16. The Hall–Kier alpha value is -3.05. The van der Waals surface area contributed by atoms with Crippen LogP contribution in [0.1, 0.15) is 27.7 Å². The lowest BCUT2D eigenvalue weighted by molar-refractivity contribution is 0.0931. The second-order valence-electron chi connectivity index (χ2n) is 6.21. The molecule has 0 fully saturated rings. The van der Waals surface area contributed by atoms with Gasteiger partial charge in [-0.3, -0.25) is 9.78 Å². The first-order chi connectivity index (χ1) is 13.6. The topological polar surface area (TPSA) is 60.5 Å². The van der Waals surface area contributed by atoms with Crippen LogP contribution in [0, 0.1) is 0 Å². The van der Waals surface area contributed by atoms with Gasteiger partial charge in [-0.2, -0.15) is 0 Å². The summed E-state index contributed by atoms with van der Waals surface area (Å²) in [5.41, 5.74) is 2.31. The number of aromatic nitrogens is 1. The van der Waals surface area contributed by atoms with Crippen LogP contribution in [0.25, 0.3) is 0 Å². The Balaban J connectivity index is 1.85. The number of halogens is 1. The fraction of sp³-hybridized carbons (Fsp3) is 0.182. The monoisotopic (exact) mass is 396 g/mol. The highest BCUT2D eigenvalue weighted by Gasteiger charge is 2.18. The van der Waals surface area contributed by atoms with Crippen molar-refractivity contribution < 1.29 is 14.3 Å². The van der Waals surface area contributed by atoms with Gasteiger partial charge in [-0.1, -0.05) is 35.9 Å². The molecule has 1 N–H and O–H groups in total. The van der Waals surface area contributed by atoms with E-state index in [-0.39, 0.29) is 17.6 Å². The van der Waals surface area contributed by atoms with Gasteiger partial charge in [0.2, 0.25) is 0 Å². The van der Waals surface area contributed by atoms with E-state index in [9.17, 15) is 4.79 Å². The number of methoxy groups -OCH3 is 2. The van der Waals surface area contributed by atoms with E-state index in [1.54, 1.807) is 26.4 Å². The molecule has 0 aliphatic rings. The third kappa shape index (κ3) is 5.02. The van der Waals surface area contributed by atoms with Gasteiger partial charge in [0.15, 0.2) is 0 Å². The summed E-state index contributed by atoms with van der Waals surface area (Å²) in [5, 5.41) is 3.53. The lowest BCUT2D eigenvalue weighted by atomic mass is 9.98. The second-order valence-corrected chi connectivity index (χ2v) is 6.65. The average Bonchev–Trinajstić information content (AvgIpc) is 2.74. The van der Waals surface area contributed by atoms with Crippen molar-refractivity contribution in [3.63, 3.8) is 0 Å². The van der Waals surface area contributed by atoms with Crippen LogP contribution >= 0.6 is 11.6 Å². The van der Waals surface area contributed by atoms with Gasteiger partial charge in [-0.25, -0.2) is 0 Å². The summed E-state index contributed by atoms with van der Waals surface area (Å²) >= 11 is 5.99. The highest BCUT2D eigenvalue weighted by Crippen LogP contribution is 2.23. The quantitative estimate of drug-likeness (QED) is 0.640. The van der Waals surface area contributed by atoms with Crippen LogP contribution in [-0.2, 0) is 6.42 Å². The number of carbonyl (C=O) groups excluding carboxylic acids is 1. The van der Waals surface area contributed by atoms with Crippen LogP contribution in [0.2, 0.25) is 5.02 Å². The number of ether oxygens (including phenoxy) is 2. The maximum Gasteiger partial charge on any atom is 0.270 e. The molecule has 6 heteroatoms. The van der Waals surface area contributed by atoms with Crippen molar-refractivity contribution >= 4 is 17.5 Å². The van der Waals surface area contributed by atoms with Gasteiger partial charge >= 0.3 is 0 Å². The number of benzene rings is 2. The number of pyridine rings is 1. The molecule has 0 bridgehead atoms. The molecule has 28 heavy (non-hydrogen) atoms. The highest BCUT2D eigenvalue weighted by molar-refractivity contribution is 6.30. The first kappa shape index (κ1) is 19.7. The Morgan fingerprint density at radius 1 is 1.00 bits per heavy atom. The summed E-state index contributed by atoms with van der Waals surface area (Å²) < 4.78 is 10.4. The Morgan fingerprint density at radius 3 is 2.18 bits per heavy atom. The summed E-state index contributed by atoms with van der Waals surface area (Å²) in [6.07, 6.45) is 2.13. The van der Waals surface area contributed by atoms with E-state index in [2.05, 4.69) is 10.3 Å². The number of hydrogen-bond donors (Lipinski definition) is 1. The molecule has 0 aliphatic carbocycles. The summed E-state index contributed by atoms with van der Waals surface area (Å²) in [4.78, 5) is 16.8. The van der Waals surface area contributed by atoms with Gasteiger partial charge in [0, 0.05) is 11.2 Å². The van der Waals surface area contributed by atoms with Crippen molar-refractivity contribution in [3.8, 4) is 11.5 Å². The van der Waals surface area contributed by atoms with E-state index in [1.165, 1.54) is 6.20 Å². The fourth-order valence-corrected chi connectivity index (χ4v) is 3.01. The summed E-state index contributed by atoms with van der Waals surface area (Å²) in [6, 6.07) is 18.4. The first-order valence-electron chi connectivity index (χ1n) is 8.78. The van der Waals surface area contributed by atoms with Crippen LogP contribution in [0.3, 0.4) is 0 Å². The normalized spacial score (nSPS) is 11.5. The predicted octanol–water partition coefficient (Wildman–Crippen LogP) is 4.47. The lowest BCUT2D eigenvalue weighted by Crippen LogP contribution is -2.30. The average molecular weight is 397 g/mol. The van der Waals surface area contributed by atoms with Gasteiger partial charge in [-0.15, -0.1) is 0 Å². The van der Waals surface area contributed by atoms with Crippen LogP contribution in [0.5, 0.6) is 11.5 Å². The molecule has 1 atom stereocenters. The zero-order valence-electron chi connectivity index (χ0n) is 15.7. The third-order valence-electron chi connectivity index (χ3n) is 4.38. The highest BCUT2D eigenvalue weighted by atomic mass is 35.5. The van der Waals surface area contributed by atoms with Gasteiger partial charge in [0.05, 0.1) is 20.3 Å². The minimum atomic E-state index is -0.281. The van der Waals surface area contributed by atoms with Crippen molar-refractivity contribution in [3.05, 3.63) is 88.7 Å². The summed E-state index contributed by atoms with van der Waals surface area (Å²) in [7, 11) is 3.25. The van der Waals surface area contributed by atoms with Crippen LogP contribution in [0.15, 0.2) is 66.9 Å². The van der Waals surface area contributed by atoms with Crippen molar-refractivity contribution in [2.24, 2.45) is 0 Å². The van der Waals surface area contributed by atoms with Crippen molar-refractivity contribution in [1.82, 2.24) is 10.3 Å². The van der Waals surface area contributed by atoms with E-state index in [1.807, 2.05) is 48.5 Å². The summed E-state index contributed by atoms with van der Waals surface area (Å²) in [5.74, 6) is 1.27. The SMILES string of the molecule is COc1ccc(CC(NC(=O)c2cc(Cl)ccn2)c2ccc(OC)cc2)cc1. The van der Waals surface area contributed by atoms with Gasteiger partial charge in [-0.05, 0) is 53.9 Å². The smallest absolute Gasteiger partial charge is 0.270 e. The lowest BCUT2D eigenvalue weighted by Gasteiger charge is -2.20. The van der Waals surface area contributed by atoms with E-state index in [0.717, 1.165) is 22.6 Å². The van der Waals surface area contributed by atoms with E-state index in [0.29, 0.717) is 11.4 Å². The van der Waals surface area contributed by atoms with E-state index in [4.69, 9.17) is 21.1 Å². The van der Waals surface area contributed by atoms with E-state index < -0.39 is 0 Å². The molecule has 0 radical (unpaired) electrons. The number of rotatable bonds is 7. The minimum Gasteiger partial charge on any atom is -0.497 e. The molecular weight excluding hydrogens is 376 g/mol. The molecular formula is C22H21ClN2O3. The Kier molecular flexibility index (Phi) is 6.50. The molecule has 1 heterocycles. The predicted molar refractivity (Wildman–Crippen MR) is 109 cm³/mol. The van der Waals surface area contributed by atoms with Crippen LogP contribution in [0.4, 0.5) is 0 Å². The number of carbonyl (C=O) groups is 1. The zero-order chi connectivity index (χ0) is 19.9. The van der Waals surface area contributed by atoms with Crippen LogP contribution < -0.4 is 14.8 Å². The molecule has 144 valence electrons. The zero-order valence-corrected chi connectivity index (χ0v) is 16.4. The molecule has 3 aromatic rings. The Labute approximate surface area is 169 Å². The second kappa shape index (κ2) is 9.24. The van der Waals surface area contributed by atoms with E-state index >= 15 is 0 Å². The number of nitrogens with one attached hydrogen (secondary N) is 1. The summed E-state index contributed by atoms with van der Waals surface area (Å²) in [6.45, 7) is 0. The number of amides is 1. The van der Waals surface area contributed by atoms with Gasteiger partial charge in [0.25, 0.3) is 5.91 Å². The molecule has 1 unspecified atom stereocenters. The fourth-order valence-electron chi connectivity index (χ4n) is 2.85. The van der Waals surface area contributed by atoms with Crippen LogP contribution in [-0.4, -0.2) is 25.1 Å². The minimum absolute atomic E-state index is 0.243. The maximum absolute atomic E-state index is 12.7. The number of nitrogens with zero attached hydrogens (tertiary/aromatic N) is 1. The maximum atomic E-state index is 12.7. The third-order valence-corrected chi connectivity index (χ3v) is 4.61.